The third-order valence-electron chi connectivity index (χ3n) is 2.12. The monoisotopic (exact) mass is 296 g/mol. The van der Waals surface area contributed by atoms with Crippen LogP contribution in [0, 0.1) is 5.92 Å². The molecule has 1 N–H and O–H groups in total. The first-order chi connectivity index (χ1) is 7.74. The van der Waals surface area contributed by atoms with Crippen molar-refractivity contribution in [3.63, 3.8) is 0 Å². The molecule has 0 aromatic heterocycles. The minimum Gasteiger partial charge on any atom is -0.481 e. The normalized spacial score (nSPS) is 13.4. The lowest BCUT2D eigenvalue weighted by atomic mass is 10.2. The summed E-state index contributed by atoms with van der Waals surface area (Å²) in [6.45, 7) is 1.32. The highest BCUT2D eigenvalue weighted by molar-refractivity contribution is 7.91. The van der Waals surface area contributed by atoms with E-state index in [0.29, 0.717) is 0 Å². The second-order valence-electron chi connectivity index (χ2n) is 3.60. The second kappa shape index (κ2) is 5.25. The smallest absolute Gasteiger partial charge is 0.307 e. The quantitative estimate of drug-likeness (QED) is 0.926. The molecule has 0 fully saturated rings. The molecular formula is C10H10Cl2O4S. The number of rotatable bonds is 4. The van der Waals surface area contributed by atoms with Crippen molar-refractivity contribution in [2.24, 2.45) is 5.92 Å². The van der Waals surface area contributed by atoms with Crippen LogP contribution in [0.2, 0.25) is 10.0 Å². The summed E-state index contributed by atoms with van der Waals surface area (Å²) in [5, 5.41) is 8.96. The predicted octanol–water partition coefficient (Wildman–Crippen LogP) is 2.49. The molecule has 0 heterocycles. The summed E-state index contributed by atoms with van der Waals surface area (Å²) in [4.78, 5) is 10.5. The SMILES string of the molecule is CC(CS(=O)(=O)c1cc(Cl)ccc1Cl)C(=O)O. The van der Waals surface area contributed by atoms with Gasteiger partial charge in [0.1, 0.15) is 0 Å². The number of benzene rings is 1. The lowest BCUT2D eigenvalue weighted by Crippen LogP contribution is -2.21. The van der Waals surface area contributed by atoms with Crippen molar-refractivity contribution in [1.29, 1.82) is 0 Å². The van der Waals surface area contributed by atoms with Crippen LogP contribution in [0.1, 0.15) is 6.92 Å². The minimum atomic E-state index is -3.75. The van der Waals surface area contributed by atoms with Crippen LogP contribution in [0.25, 0.3) is 0 Å². The van der Waals surface area contributed by atoms with E-state index in [1.807, 2.05) is 0 Å². The molecule has 94 valence electrons. The molecule has 17 heavy (non-hydrogen) atoms. The van der Waals surface area contributed by atoms with Gasteiger partial charge in [-0.3, -0.25) is 4.79 Å². The van der Waals surface area contributed by atoms with Crippen LogP contribution in [-0.4, -0.2) is 25.2 Å². The molecule has 0 aliphatic heterocycles. The topological polar surface area (TPSA) is 71.4 Å². The molecule has 0 saturated carbocycles. The molecule has 7 heteroatoms. The van der Waals surface area contributed by atoms with Gasteiger partial charge in [-0.25, -0.2) is 8.42 Å². The molecule has 1 atom stereocenters. The molecule has 0 aliphatic rings. The van der Waals surface area contributed by atoms with Crippen molar-refractivity contribution >= 4 is 39.0 Å². The Morgan fingerprint density at radius 2 is 2.00 bits per heavy atom. The molecule has 0 spiro atoms. The highest BCUT2D eigenvalue weighted by atomic mass is 35.5. The summed E-state index contributed by atoms with van der Waals surface area (Å²) >= 11 is 11.4. The van der Waals surface area contributed by atoms with Gasteiger partial charge in [0.25, 0.3) is 0 Å². The molecule has 1 aromatic rings. The maximum Gasteiger partial charge on any atom is 0.307 e. The standard InChI is InChI=1S/C10H10Cl2O4S/c1-6(10(13)14)5-17(15,16)9-4-7(11)2-3-8(9)12/h2-4,6H,5H2,1H3,(H,13,14). The number of halogens is 2. The number of carbonyl (C=O) groups is 1. The van der Waals surface area contributed by atoms with Crippen molar-refractivity contribution in [2.75, 3.05) is 5.75 Å². The van der Waals surface area contributed by atoms with E-state index in [0.717, 1.165) is 0 Å². The average Bonchev–Trinajstić information content (AvgIpc) is 2.20. The third kappa shape index (κ3) is 3.59. The third-order valence-corrected chi connectivity index (χ3v) is 4.74. The van der Waals surface area contributed by atoms with Crippen LogP contribution in [-0.2, 0) is 14.6 Å². The van der Waals surface area contributed by atoms with Crippen LogP contribution in [0.5, 0.6) is 0 Å². The van der Waals surface area contributed by atoms with Crippen molar-refractivity contribution in [2.45, 2.75) is 11.8 Å². The van der Waals surface area contributed by atoms with Gasteiger partial charge in [0.05, 0.1) is 21.6 Å². The summed E-state index contributed by atoms with van der Waals surface area (Å²) in [5.74, 6) is -2.69. The Balaban J connectivity index is 3.13. The van der Waals surface area contributed by atoms with Crippen molar-refractivity contribution in [3.8, 4) is 0 Å². The Hall–Kier alpha value is -0.780. The molecule has 0 saturated heterocycles. The maximum absolute atomic E-state index is 11.9. The predicted molar refractivity (Wildman–Crippen MR) is 65.3 cm³/mol. The Morgan fingerprint density at radius 1 is 1.41 bits per heavy atom. The molecule has 1 rings (SSSR count). The van der Waals surface area contributed by atoms with Gasteiger partial charge in [0.15, 0.2) is 9.84 Å². The minimum absolute atomic E-state index is 0.0342. The highest BCUT2D eigenvalue weighted by Gasteiger charge is 2.25. The molecular weight excluding hydrogens is 287 g/mol. The van der Waals surface area contributed by atoms with E-state index in [1.165, 1.54) is 25.1 Å². The summed E-state index contributed by atoms with van der Waals surface area (Å²) in [6, 6.07) is 4.04. The highest BCUT2D eigenvalue weighted by Crippen LogP contribution is 2.26. The van der Waals surface area contributed by atoms with E-state index in [2.05, 4.69) is 0 Å². The van der Waals surface area contributed by atoms with Crippen molar-refractivity contribution < 1.29 is 18.3 Å². The molecule has 0 radical (unpaired) electrons. The molecule has 0 amide bonds. The van der Waals surface area contributed by atoms with E-state index in [1.54, 1.807) is 0 Å². The molecule has 0 aliphatic carbocycles. The molecule has 1 unspecified atom stereocenters. The molecule has 4 nitrogen and oxygen atoms in total. The second-order valence-corrected chi connectivity index (χ2v) is 6.44. The number of aliphatic carboxylic acids is 1. The van der Waals surface area contributed by atoms with Gasteiger partial charge in [-0.2, -0.15) is 0 Å². The Kier molecular flexibility index (Phi) is 4.41. The summed E-state index contributed by atoms with van der Waals surface area (Å²) in [6.07, 6.45) is 0. The summed E-state index contributed by atoms with van der Waals surface area (Å²) in [5.41, 5.74) is 0. The zero-order chi connectivity index (χ0) is 13.2. The van der Waals surface area contributed by atoms with E-state index >= 15 is 0 Å². The lowest BCUT2D eigenvalue weighted by molar-refractivity contribution is -0.140. The van der Waals surface area contributed by atoms with Gasteiger partial charge < -0.3 is 5.11 Å². The van der Waals surface area contributed by atoms with Crippen LogP contribution < -0.4 is 0 Å². The number of sulfone groups is 1. The van der Waals surface area contributed by atoms with E-state index in [9.17, 15) is 13.2 Å². The zero-order valence-electron chi connectivity index (χ0n) is 8.85. The van der Waals surface area contributed by atoms with Gasteiger partial charge in [0.2, 0.25) is 0 Å². The molecule has 0 bridgehead atoms. The first-order valence-corrected chi connectivity index (χ1v) is 7.05. The van der Waals surface area contributed by atoms with E-state index < -0.39 is 27.5 Å². The largest absolute Gasteiger partial charge is 0.481 e. The fraction of sp³-hybridized carbons (Fsp3) is 0.300. The number of hydrogen-bond donors (Lipinski definition) is 1. The Morgan fingerprint density at radius 3 is 2.53 bits per heavy atom. The summed E-state index contributed by atoms with van der Waals surface area (Å²) in [7, 11) is -3.75. The van der Waals surface area contributed by atoms with Gasteiger partial charge in [-0.15, -0.1) is 0 Å². The first kappa shape index (κ1) is 14.3. The Bertz CT molecular complexity index is 539. The van der Waals surface area contributed by atoms with E-state index in [-0.39, 0.29) is 14.9 Å². The van der Waals surface area contributed by atoms with Crippen LogP contribution in [0.4, 0.5) is 0 Å². The fourth-order valence-electron chi connectivity index (χ4n) is 1.21. The molecule has 1 aromatic carbocycles. The van der Waals surface area contributed by atoms with Gasteiger partial charge in [-0.1, -0.05) is 30.1 Å². The van der Waals surface area contributed by atoms with Crippen LogP contribution >= 0.6 is 23.2 Å². The fourth-order valence-corrected chi connectivity index (χ4v) is 3.56. The summed E-state index contributed by atoms with van der Waals surface area (Å²) < 4.78 is 23.8. The Labute approximate surface area is 109 Å². The van der Waals surface area contributed by atoms with Crippen LogP contribution in [0.3, 0.4) is 0 Å². The zero-order valence-corrected chi connectivity index (χ0v) is 11.2. The van der Waals surface area contributed by atoms with Crippen molar-refractivity contribution in [1.82, 2.24) is 0 Å². The number of carboxylic acid groups (broad SMARTS) is 1. The maximum atomic E-state index is 11.9. The van der Waals surface area contributed by atoms with Crippen LogP contribution in [0.15, 0.2) is 23.1 Å². The number of hydrogen-bond acceptors (Lipinski definition) is 3. The van der Waals surface area contributed by atoms with E-state index in [4.69, 9.17) is 28.3 Å². The van der Waals surface area contributed by atoms with Gasteiger partial charge in [0, 0.05) is 5.02 Å². The first-order valence-electron chi connectivity index (χ1n) is 4.64. The van der Waals surface area contributed by atoms with Gasteiger partial charge >= 0.3 is 5.97 Å². The lowest BCUT2D eigenvalue weighted by Gasteiger charge is -2.09. The average molecular weight is 297 g/mol. The van der Waals surface area contributed by atoms with Gasteiger partial charge in [-0.05, 0) is 18.2 Å². The number of carboxylic acids is 1. The van der Waals surface area contributed by atoms with Crippen molar-refractivity contribution in [3.05, 3.63) is 28.2 Å².